The third kappa shape index (κ3) is 2.46. The number of hydrogen-bond donors (Lipinski definition) is 1. The van der Waals surface area contributed by atoms with Gasteiger partial charge in [0.1, 0.15) is 11.5 Å². The largest absolute Gasteiger partial charge is 0.396 e. The molecule has 0 radical (unpaired) electrons. The number of rotatable bonds is 0. The van der Waals surface area contributed by atoms with Crippen LogP contribution in [0.25, 0.3) is 0 Å². The van der Waals surface area contributed by atoms with Crippen molar-refractivity contribution in [2.24, 2.45) is 0 Å². The van der Waals surface area contributed by atoms with Crippen LogP contribution in [-0.4, -0.2) is 4.98 Å². The Kier molecular flexibility index (Phi) is 2.83. The zero-order chi connectivity index (χ0) is 9.68. The Morgan fingerprint density at radius 3 is 3.00 bits per heavy atom. The zero-order valence-corrected chi connectivity index (χ0v) is 6.71. The molecule has 0 aliphatic rings. The van der Waals surface area contributed by atoms with E-state index in [-0.39, 0.29) is 12.1 Å². The second-order valence-corrected chi connectivity index (χ2v) is 2.23. The molecule has 0 aliphatic heterocycles. The zero-order valence-electron chi connectivity index (χ0n) is 6.71. The van der Waals surface area contributed by atoms with Gasteiger partial charge in [-0.1, -0.05) is 5.92 Å². The molecule has 0 unspecified atom stereocenters. The van der Waals surface area contributed by atoms with Crippen molar-refractivity contribution in [2.45, 2.75) is 6.42 Å². The third-order valence-electron chi connectivity index (χ3n) is 1.26. The molecule has 64 valence electrons. The highest BCUT2D eigenvalue weighted by atomic mass is 19.1. The molecule has 1 heterocycles. The summed E-state index contributed by atoms with van der Waals surface area (Å²) in [5.41, 5.74) is 5.90. The van der Waals surface area contributed by atoms with E-state index < -0.39 is 5.82 Å². The van der Waals surface area contributed by atoms with Crippen LogP contribution in [0.2, 0.25) is 0 Å². The van der Waals surface area contributed by atoms with Gasteiger partial charge in [-0.05, 0) is 5.92 Å². The first-order valence-electron chi connectivity index (χ1n) is 3.51. The van der Waals surface area contributed by atoms with Gasteiger partial charge in [0, 0.05) is 6.07 Å². The molecule has 0 atom stereocenters. The van der Waals surface area contributed by atoms with Gasteiger partial charge in [0.15, 0.2) is 0 Å². The maximum absolute atomic E-state index is 12.5. The molecule has 0 spiro atoms. The van der Waals surface area contributed by atoms with Gasteiger partial charge in [-0.3, -0.25) is 0 Å². The van der Waals surface area contributed by atoms with Gasteiger partial charge in [-0.2, -0.15) is 5.26 Å². The Morgan fingerprint density at radius 1 is 1.62 bits per heavy atom. The van der Waals surface area contributed by atoms with Crippen LogP contribution in [0.3, 0.4) is 0 Å². The SMILES string of the molecule is N#CCC#Cc1ncc(F)cc1N. The van der Waals surface area contributed by atoms with Crippen molar-refractivity contribution in [3.8, 4) is 17.9 Å². The number of halogens is 1. The lowest BCUT2D eigenvalue weighted by Gasteiger charge is -1.95. The van der Waals surface area contributed by atoms with Gasteiger partial charge in [-0.25, -0.2) is 9.37 Å². The smallest absolute Gasteiger partial charge is 0.143 e. The number of nitrogens with two attached hydrogens (primary N) is 1. The average Bonchev–Trinajstić information content (AvgIpc) is 2.09. The van der Waals surface area contributed by atoms with Crippen LogP contribution in [0.1, 0.15) is 12.1 Å². The summed E-state index contributed by atoms with van der Waals surface area (Å²) in [5, 5.41) is 8.19. The van der Waals surface area contributed by atoms with E-state index in [2.05, 4.69) is 16.8 Å². The molecular weight excluding hydrogens is 169 g/mol. The highest BCUT2D eigenvalue weighted by Crippen LogP contribution is 2.07. The van der Waals surface area contributed by atoms with Crippen LogP contribution in [-0.2, 0) is 0 Å². The quantitative estimate of drug-likeness (QED) is 0.600. The summed E-state index contributed by atoms with van der Waals surface area (Å²) in [6.45, 7) is 0. The average molecular weight is 175 g/mol. The molecule has 0 bridgehead atoms. The van der Waals surface area contributed by atoms with Crippen LogP contribution in [0, 0.1) is 29.0 Å². The van der Waals surface area contributed by atoms with Crippen LogP contribution >= 0.6 is 0 Å². The molecule has 1 rings (SSSR count). The van der Waals surface area contributed by atoms with Crippen molar-refractivity contribution in [1.29, 1.82) is 5.26 Å². The van der Waals surface area contributed by atoms with Crippen molar-refractivity contribution in [1.82, 2.24) is 4.98 Å². The van der Waals surface area contributed by atoms with Crippen molar-refractivity contribution in [3.05, 3.63) is 23.8 Å². The summed E-state index contributed by atoms with van der Waals surface area (Å²) < 4.78 is 12.5. The number of nitrogens with zero attached hydrogens (tertiary/aromatic N) is 2. The number of nitriles is 1. The van der Waals surface area contributed by atoms with Gasteiger partial charge in [0.05, 0.1) is 24.4 Å². The second-order valence-electron chi connectivity index (χ2n) is 2.23. The minimum atomic E-state index is -0.497. The first kappa shape index (κ1) is 9.02. The predicted octanol–water partition coefficient (Wildman–Crippen LogP) is 1.07. The molecule has 13 heavy (non-hydrogen) atoms. The number of hydrogen-bond acceptors (Lipinski definition) is 3. The molecule has 0 fully saturated rings. The minimum Gasteiger partial charge on any atom is -0.396 e. The third-order valence-corrected chi connectivity index (χ3v) is 1.26. The summed E-state index contributed by atoms with van der Waals surface area (Å²) in [5.74, 6) is 4.60. The van der Waals surface area contributed by atoms with Crippen LogP contribution in [0.4, 0.5) is 10.1 Å². The van der Waals surface area contributed by atoms with E-state index in [0.29, 0.717) is 5.69 Å². The van der Waals surface area contributed by atoms with Crippen molar-refractivity contribution >= 4 is 5.69 Å². The lowest BCUT2D eigenvalue weighted by atomic mass is 10.3. The summed E-state index contributed by atoms with van der Waals surface area (Å²) in [7, 11) is 0. The fourth-order valence-corrected chi connectivity index (χ4v) is 0.727. The van der Waals surface area contributed by atoms with Crippen LogP contribution in [0.5, 0.6) is 0 Å². The van der Waals surface area contributed by atoms with Gasteiger partial charge in [-0.15, -0.1) is 0 Å². The van der Waals surface area contributed by atoms with Gasteiger partial charge in [0.2, 0.25) is 0 Å². The summed E-state index contributed by atoms with van der Waals surface area (Å²) in [4.78, 5) is 3.67. The molecule has 4 heteroatoms. The highest BCUT2D eigenvalue weighted by Gasteiger charge is 1.97. The fraction of sp³-hybridized carbons (Fsp3) is 0.111. The fourth-order valence-electron chi connectivity index (χ4n) is 0.727. The van der Waals surface area contributed by atoms with E-state index in [4.69, 9.17) is 11.0 Å². The van der Waals surface area contributed by atoms with Gasteiger partial charge < -0.3 is 5.73 Å². The second kappa shape index (κ2) is 4.08. The van der Waals surface area contributed by atoms with Crippen LogP contribution in [0.15, 0.2) is 12.3 Å². The molecule has 0 saturated carbocycles. The topological polar surface area (TPSA) is 62.7 Å². The van der Waals surface area contributed by atoms with Crippen LogP contribution < -0.4 is 5.73 Å². The predicted molar refractivity (Wildman–Crippen MR) is 45.7 cm³/mol. The molecule has 1 aromatic rings. The van der Waals surface area contributed by atoms with E-state index in [9.17, 15) is 4.39 Å². The maximum Gasteiger partial charge on any atom is 0.143 e. The van der Waals surface area contributed by atoms with Crippen molar-refractivity contribution in [2.75, 3.05) is 5.73 Å². The molecule has 2 N–H and O–H groups in total. The lowest BCUT2D eigenvalue weighted by Crippen LogP contribution is -1.94. The monoisotopic (exact) mass is 175 g/mol. The summed E-state index contributed by atoms with van der Waals surface area (Å²) in [6, 6.07) is 2.99. The van der Waals surface area contributed by atoms with E-state index in [1.54, 1.807) is 0 Å². The van der Waals surface area contributed by atoms with E-state index in [1.807, 2.05) is 6.07 Å². The number of aromatic nitrogens is 1. The highest BCUT2D eigenvalue weighted by molar-refractivity contribution is 5.51. The summed E-state index contributed by atoms with van der Waals surface area (Å²) >= 11 is 0. The van der Waals surface area contributed by atoms with Gasteiger partial charge >= 0.3 is 0 Å². The molecule has 0 aromatic carbocycles. The Labute approximate surface area is 75.0 Å². The van der Waals surface area contributed by atoms with Crippen molar-refractivity contribution in [3.63, 3.8) is 0 Å². The first-order chi connectivity index (χ1) is 6.24. The molecule has 3 nitrogen and oxygen atoms in total. The van der Waals surface area contributed by atoms with E-state index in [0.717, 1.165) is 12.3 Å². The van der Waals surface area contributed by atoms with E-state index >= 15 is 0 Å². The Morgan fingerprint density at radius 2 is 2.38 bits per heavy atom. The standard InChI is InChI=1S/C9H6FN3/c10-7-5-8(12)9(13-6-7)3-1-2-4-11/h5-6H,2,12H2. The van der Waals surface area contributed by atoms with E-state index in [1.165, 1.54) is 0 Å². The molecule has 0 amide bonds. The normalized spacial score (nSPS) is 8.31. The Bertz CT molecular complexity index is 409. The molecule has 0 saturated heterocycles. The minimum absolute atomic E-state index is 0.110. The number of nitrogen functional groups attached to an aromatic ring is 1. The maximum atomic E-state index is 12.5. The number of pyridine rings is 1. The van der Waals surface area contributed by atoms with Gasteiger partial charge in [0.25, 0.3) is 0 Å². The first-order valence-corrected chi connectivity index (χ1v) is 3.51. The lowest BCUT2D eigenvalue weighted by molar-refractivity contribution is 0.622. The molecule has 1 aromatic heterocycles. The molecular formula is C9H6FN3. The Balaban J connectivity index is 2.93. The Hall–Kier alpha value is -2.07. The molecule has 0 aliphatic carbocycles. The van der Waals surface area contributed by atoms with Crippen molar-refractivity contribution < 1.29 is 4.39 Å². The summed E-state index contributed by atoms with van der Waals surface area (Å²) in [6.07, 6.45) is 1.14. The number of anilines is 1.